The van der Waals surface area contributed by atoms with Gasteiger partial charge in [-0.2, -0.15) is 0 Å². The van der Waals surface area contributed by atoms with Crippen LogP contribution in [0.5, 0.6) is 0 Å². The minimum Gasteiger partial charge on any atom is -0.468 e. The zero-order valence-electron chi connectivity index (χ0n) is 17.3. The Morgan fingerprint density at radius 3 is 2.70 bits per heavy atom. The summed E-state index contributed by atoms with van der Waals surface area (Å²) in [6, 6.07) is 7.70. The van der Waals surface area contributed by atoms with Crippen molar-refractivity contribution < 1.29 is 23.9 Å². The number of benzene rings is 1. The average Bonchev–Trinajstić information content (AvgIpc) is 3.09. The van der Waals surface area contributed by atoms with Gasteiger partial charge in [-0.05, 0) is 31.4 Å². The van der Waals surface area contributed by atoms with Gasteiger partial charge in [0.25, 0.3) is 0 Å². The highest BCUT2D eigenvalue weighted by Gasteiger charge is 2.77. The van der Waals surface area contributed by atoms with Crippen LogP contribution in [0.1, 0.15) is 32.3 Å². The molecule has 2 saturated heterocycles. The van der Waals surface area contributed by atoms with Crippen molar-refractivity contribution in [3.63, 3.8) is 0 Å². The van der Waals surface area contributed by atoms with E-state index in [9.17, 15) is 14.4 Å². The Morgan fingerprint density at radius 2 is 2.00 bits per heavy atom. The first-order valence-corrected chi connectivity index (χ1v) is 10.3. The first-order chi connectivity index (χ1) is 14.4. The number of fused-ring (bicyclic) bond motifs is 2. The van der Waals surface area contributed by atoms with E-state index in [0.717, 1.165) is 22.5 Å². The molecular formula is C23H24N2O5. The normalized spacial score (nSPS) is 34.8. The summed E-state index contributed by atoms with van der Waals surface area (Å²) in [4.78, 5) is 46.7. The minimum absolute atomic E-state index is 0.0442. The van der Waals surface area contributed by atoms with Crippen LogP contribution in [0.25, 0.3) is 0 Å². The number of piperidine rings is 2. The first-order valence-electron chi connectivity index (χ1n) is 10.3. The van der Waals surface area contributed by atoms with Crippen LogP contribution in [0.4, 0.5) is 5.69 Å². The van der Waals surface area contributed by atoms with E-state index in [2.05, 4.69) is 4.90 Å². The second kappa shape index (κ2) is 6.35. The summed E-state index contributed by atoms with van der Waals surface area (Å²) >= 11 is 0. The van der Waals surface area contributed by atoms with Gasteiger partial charge in [-0.25, -0.2) is 0 Å². The van der Waals surface area contributed by atoms with Crippen LogP contribution in [0.2, 0.25) is 0 Å². The summed E-state index contributed by atoms with van der Waals surface area (Å²) in [5.74, 6) is -2.64. The third kappa shape index (κ3) is 2.03. The molecule has 30 heavy (non-hydrogen) atoms. The van der Waals surface area contributed by atoms with Crippen molar-refractivity contribution >= 4 is 29.3 Å². The lowest BCUT2D eigenvalue weighted by atomic mass is 9.43. The molecule has 3 heterocycles. The second-order valence-electron chi connectivity index (χ2n) is 8.49. The standard InChI is InChI=1S/C23H24N2O5/c1-4-14-12-25-10-9-22-15-7-5-6-8-17(15)24-19(22)18(25)11-16(14)23(22,20(27)29-3)21(28)30-13(2)26/h4-8,16,18H,9-12H2,1-3H3/b14-4+/t16-,18+,22-,23?/m1/s1. The second-order valence-corrected chi connectivity index (χ2v) is 8.49. The number of nitrogens with zero attached hydrogens (tertiary/aromatic N) is 2. The number of para-hydroxylation sites is 1. The number of hydrogen-bond acceptors (Lipinski definition) is 7. The Balaban J connectivity index is 1.88. The molecule has 7 heteroatoms. The smallest absolute Gasteiger partial charge is 0.333 e. The number of rotatable bonds is 2. The maximum atomic E-state index is 13.8. The van der Waals surface area contributed by atoms with Crippen LogP contribution in [0, 0.1) is 11.3 Å². The Bertz CT molecular complexity index is 1040. The van der Waals surface area contributed by atoms with E-state index < -0.39 is 34.7 Å². The summed E-state index contributed by atoms with van der Waals surface area (Å²) in [5, 5.41) is 0. The van der Waals surface area contributed by atoms with Crippen molar-refractivity contribution in [2.75, 3.05) is 20.2 Å². The molecular weight excluding hydrogens is 384 g/mol. The molecule has 3 bridgehead atoms. The lowest BCUT2D eigenvalue weighted by Gasteiger charge is -2.63. The molecule has 0 radical (unpaired) electrons. The maximum Gasteiger partial charge on any atom is 0.333 e. The molecule has 1 unspecified atom stereocenters. The minimum atomic E-state index is -1.69. The number of methoxy groups -OCH3 is 1. The van der Waals surface area contributed by atoms with Crippen LogP contribution < -0.4 is 0 Å². The van der Waals surface area contributed by atoms with Crippen molar-refractivity contribution in [3.8, 4) is 0 Å². The van der Waals surface area contributed by atoms with Gasteiger partial charge in [0, 0.05) is 31.6 Å². The molecule has 1 aliphatic carbocycles. The zero-order chi connectivity index (χ0) is 21.3. The number of aliphatic imine (C=N–C) groups is 1. The Morgan fingerprint density at radius 1 is 1.23 bits per heavy atom. The predicted molar refractivity (Wildman–Crippen MR) is 108 cm³/mol. The summed E-state index contributed by atoms with van der Waals surface area (Å²) < 4.78 is 10.5. The number of carbonyl (C=O) groups excluding carboxylic acids is 3. The van der Waals surface area contributed by atoms with Crippen LogP contribution in [0.15, 0.2) is 40.9 Å². The van der Waals surface area contributed by atoms with Crippen molar-refractivity contribution in [1.82, 2.24) is 4.90 Å². The summed E-state index contributed by atoms with van der Waals surface area (Å²) in [7, 11) is 1.29. The molecule has 0 aromatic heterocycles. The van der Waals surface area contributed by atoms with Gasteiger partial charge in [-0.15, -0.1) is 0 Å². The fraction of sp³-hybridized carbons (Fsp3) is 0.478. The number of ether oxygens (including phenoxy) is 2. The fourth-order valence-electron chi connectivity index (χ4n) is 6.47. The number of allylic oxidation sites excluding steroid dienone is 1. The van der Waals surface area contributed by atoms with Gasteiger partial charge in [0.2, 0.25) is 0 Å². The third-order valence-corrected chi connectivity index (χ3v) is 7.50. The quantitative estimate of drug-likeness (QED) is 0.424. The zero-order valence-corrected chi connectivity index (χ0v) is 17.3. The monoisotopic (exact) mass is 408 g/mol. The number of carbonyl (C=O) groups is 3. The van der Waals surface area contributed by atoms with Gasteiger partial charge >= 0.3 is 17.9 Å². The van der Waals surface area contributed by atoms with Gasteiger partial charge in [-0.3, -0.25) is 24.3 Å². The molecule has 156 valence electrons. The molecule has 7 nitrogen and oxygen atoms in total. The molecule has 1 saturated carbocycles. The van der Waals surface area contributed by atoms with Gasteiger partial charge in [0.1, 0.15) is 0 Å². The molecule has 4 aliphatic rings. The maximum absolute atomic E-state index is 13.8. The topological polar surface area (TPSA) is 85.3 Å². The van der Waals surface area contributed by atoms with Crippen molar-refractivity contribution in [2.24, 2.45) is 16.3 Å². The fourth-order valence-corrected chi connectivity index (χ4v) is 6.47. The van der Waals surface area contributed by atoms with Crippen LogP contribution in [0.3, 0.4) is 0 Å². The molecule has 3 fully saturated rings. The van der Waals surface area contributed by atoms with Gasteiger partial charge in [0.05, 0.1) is 24.3 Å². The van der Waals surface area contributed by atoms with Crippen molar-refractivity contribution in [1.29, 1.82) is 0 Å². The molecule has 0 amide bonds. The van der Waals surface area contributed by atoms with Crippen LogP contribution in [-0.4, -0.2) is 54.8 Å². The lowest BCUT2D eigenvalue weighted by Crippen LogP contribution is -2.76. The Hall–Kier alpha value is -2.80. The van der Waals surface area contributed by atoms with Crippen molar-refractivity contribution in [3.05, 3.63) is 41.5 Å². The number of hydrogen-bond donors (Lipinski definition) is 0. The van der Waals surface area contributed by atoms with Crippen molar-refractivity contribution in [2.45, 2.75) is 38.1 Å². The number of esters is 3. The molecule has 0 N–H and O–H groups in total. The SMILES string of the molecule is C/C=C1\CN2CC[C@]34C(=Nc5ccccc53)[C@@H]2C[C@H]1C4(C(=O)OC)C(=O)OC(C)=O. The Labute approximate surface area is 174 Å². The highest BCUT2D eigenvalue weighted by Crippen LogP contribution is 2.66. The highest BCUT2D eigenvalue weighted by atomic mass is 16.6. The van der Waals surface area contributed by atoms with Gasteiger partial charge in [0.15, 0.2) is 5.41 Å². The Kier molecular flexibility index (Phi) is 4.06. The van der Waals surface area contributed by atoms with Gasteiger partial charge in [-0.1, -0.05) is 29.8 Å². The average molecular weight is 408 g/mol. The largest absolute Gasteiger partial charge is 0.468 e. The van der Waals surface area contributed by atoms with E-state index in [1.165, 1.54) is 14.0 Å². The molecule has 5 rings (SSSR count). The summed E-state index contributed by atoms with van der Waals surface area (Å²) in [5.41, 5.74) is 0.767. The first kappa shape index (κ1) is 19.2. The summed E-state index contributed by atoms with van der Waals surface area (Å²) in [6.07, 6.45) is 3.08. The summed E-state index contributed by atoms with van der Waals surface area (Å²) in [6.45, 7) is 4.48. The molecule has 3 aliphatic heterocycles. The lowest BCUT2D eigenvalue weighted by molar-refractivity contribution is -0.187. The van der Waals surface area contributed by atoms with Gasteiger partial charge < -0.3 is 9.47 Å². The third-order valence-electron chi connectivity index (χ3n) is 7.50. The predicted octanol–water partition coefficient (Wildman–Crippen LogP) is 2.31. The van der Waals surface area contributed by atoms with E-state index >= 15 is 0 Å². The molecule has 1 aromatic rings. The van der Waals surface area contributed by atoms with E-state index in [4.69, 9.17) is 14.5 Å². The van der Waals surface area contributed by atoms with E-state index in [1.807, 2.05) is 37.3 Å². The molecule has 1 aromatic carbocycles. The van der Waals surface area contributed by atoms with Crippen LogP contribution >= 0.6 is 0 Å². The molecule has 4 atom stereocenters. The highest BCUT2D eigenvalue weighted by molar-refractivity contribution is 6.18. The van der Waals surface area contributed by atoms with E-state index in [-0.39, 0.29) is 6.04 Å². The molecule has 0 spiro atoms. The van der Waals surface area contributed by atoms with E-state index in [1.54, 1.807) is 0 Å². The van der Waals surface area contributed by atoms with Crippen LogP contribution in [-0.2, 0) is 29.3 Å². The van der Waals surface area contributed by atoms with E-state index in [0.29, 0.717) is 25.9 Å².